The highest BCUT2D eigenvalue weighted by Crippen LogP contribution is 2.23. The molecule has 1 heterocycles. The predicted molar refractivity (Wildman–Crippen MR) is 98.5 cm³/mol. The molecule has 2 N–H and O–H groups in total. The molecule has 0 atom stereocenters. The van der Waals surface area contributed by atoms with Crippen molar-refractivity contribution in [2.75, 3.05) is 13.0 Å². The van der Waals surface area contributed by atoms with Gasteiger partial charge in [-0.3, -0.25) is 0 Å². The van der Waals surface area contributed by atoms with E-state index < -0.39 is 0 Å². The van der Waals surface area contributed by atoms with Gasteiger partial charge in [0, 0.05) is 16.8 Å². The number of hydrogen-bond acceptors (Lipinski definition) is 6. The van der Waals surface area contributed by atoms with Crippen molar-refractivity contribution in [2.45, 2.75) is 17.5 Å². The molecular formula is C17H17ClN4O2S. The number of thioether (sulfide) groups is 1. The van der Waals surface area contributed by atoms with Gasteiger partial charge in [-0.2, -0.15) is 0 Å². The average Bonchev–Trinajstić information content (AvgIpc) is 2.99. The third kappa shape index (κ3) is 4.58. The topological polar surface area (TPSA) is 75.2 Å². The zero-order chi connectivity index (χ0) is 17.6. The lowest BCUT2D eigenvalue weighted by Crippen LogP contribution is -2.15. The number of ether oxygens (including phenoxy) is 2. The SMILES string of the molecule is COc1cccc(OCc2nnc(SCc3ccc(Cl)cc3)n2N)c1. The van der Waals surface area contributed by atoms with Crippen molar-refractivity contribution in [1.82, 2.24) is 14.9 Å². The van der Waals surface area contributed by atoms with Crippen LogP contribution in [0, 0.1) is 0 Å². The van der Waals surface area contributed by atoms with E-state index in [-0.39, 0.29) is 6.61 Å². The number of halogens is 1. The molecule has 0 radical (unpaired) electrons. The third-order valence-corrected chi connectivity index (χ3v) is 4.69. The van der Waals surface area contributed by atoms with Crippen LogP contribution in [0.5, 0.6) is 11.5 Å². The molecule has 2 aromatic carbocycles. The molecule has 130 valence electrons. The van der Waals surface area contributed by atoms with Gasteiger partial charge in [-0.25, -0.2) is 4.68 Å². The van der Waals surface area contributed by atoms with Gasteiger partial charge in [0.25, 0.3) is 0 Å². The van der Waals surface area contributed by atoms with Gasteiger partial charge < -0.3 is 15.3 Å². The highest BCUT2D eigenvalue weighted by atomic mass is 35.5. The normalized spacial score (nSPS) is 10.6. The molecule has 0 fully saturated rings. The van der Waals surface area contributed by atoms with Crippen LogP contribution in [-0.4, -0.2) is 22.0 Å². The van der Waals surface area contributed by atoms with Crippen molar-refractivity contribution in [3.63, 3.8) is 0 Å². The monoisotopic (exact) mass is 376 g/mol. The second kappa shape index (κ2) is 8.13. The van der Waals surface area contributed by atoms with E-state index in [4.69, 9.17) is 26.9 Å². The molecule has 0 aliphatic carbocycles. The summed E-state index contributed by atoms with van der Waals surface area (Å²) in [5, 5.41) is 9.54. The summed E-state index contributed by atoms with van der Waals surface area (Å²) in [5.41, 5.74) is 1.13. The molecule has 0 unspecified atom stereocenters. The Kier molecular flexibility index (Phi) is 5.67. The fourth-order valence-corrected chi connectivity index (χ4v) is 3.03. The minimum Gasteiger partial charge on any atom is -0.497 e. The number of nitrogens with two attached hydrogens (primary N) is 1. The van der Waals surface area contributed by atoms with Gasteiger partial charge in [0.1, 0.15) is 18.1 Å². The van der Waals surface area contributed by atoms with E-state index in [9.17, 15) is 0 Å². The van der Waals surface area contributed by atoms with Crippen LogP contribution in [-0.2, 0) is 12.4 Å². The number of benzene rings is 2. The Morgan fingerprint density at radius 1 is 1.12 bits per heavy atom. The maximum atomic E-state index is 6.06. The van der Waals surface area contributed by atoms with Crippen molar-refractivity contribution in [1.29, 1.82) is 0 Å². The summed E-state index contributed by atoms with van der Waals surface area (Å²) in [6.07, 6.45) is 0. The van der Waals surface area contributed by atoms with Crippen LogP contribution >= 0.6 is 23.4 Å². The summed E-state index contributed by atoms with van der Waals surface area (Å²) >= 11 is 7.39. The largest absolute Gasteiger partial charge is 0.497 e. The smallest absolute Gasteiger partial charge is 0.210 e. The molecule has 0 bridgehead atoms. The summed E-state index contributed by atoms with van der Waals surface area (Å²) in [5.74, 6) is 8.73. The number of aromatic nitrogens is 3. The van der Waals surface area contributed by atoms with Crippen LogP contribution in [0.2, 0.25) is 5.02 Å². The summed E-state index contributed by atoms with van der Waals surface area (Å²) in [7, 11) is 1.61. The minimum atomic E-state index is 0.220. The number of methoxy groups -OCH3 is 1. The number of hydrogen-bond donors (Lipinski definition) is 1. The average molecular weight is 377 g/mol. The molecule has 25 heavy (non-hydrogen) atoms. The lowest BCUT2D eigenvalue weighted by atomic mass is 10.2. The first kappa shape index (κ1) is 17.4. The Morgan fingerprint density at radius 2 is 1.88 bits per heavy atom. The van der Waals surface area contributed by atoms with Crippen molar-refractivity contribution < 1.29 is 9.47 Å². The highest BCUT2D eigenvalue weighted by molar-refractivity contribution is 7.98. The molecular weight excluding hydrogens is 360 g/mol. The molecule has 0 aliphatic heterocycles. The summed E-state index contributed by atoms with van der Waals surface area (Å²) in [4.78, 5) is 0. The van der Waals surface area contributed by atoms with E-state index in [0.717, 1.165) is 17.1 Å². The first-order valence-electron chi connectivity index (χ1n) is 7.49. The Hall–Kier alpha value is -2.38. The third-order valence-electron chi connectivity index (χ3n) is 3.43. The molecule has 0 saturated carbocycles. The Bertz CT molecular complexity index is 839. The predicted octanol–water partition coefficient (Wildman–Crippen LogP) is 3.53. The molecule has 0 amide bonds. The molecule has 0 spiro atoms. The Morgan fingerprint density at radius 3 is 2.64 bits per heavy atom. The van der Waals surface area contributed by atoms with Crippen LogP contribution < -0.4 is 15.3 Å². The maximum Gasteiger partial charge on any atom is 0.210 e. The van der Waals surface area contributed by atoms with E-state index in [0.29, 0.717) is 21.8 Å². The lowest BCUT2D eigenvalue weighted by Gasteiger charge is -2.07. The van der Waals surface area contributed by atoms with Crippen molar-refractivity contribution >= 4 is 23.4 Å². The van der Waals surface area contributed by atoms with E-state index >= 15 is 0 Å². The van der Waals surface area contributed by atoms with Crippen LogP contribution in [0.25, 0.3) is 0 Å². The van der Waals surface area contributed by atoms with Crippen LogP contribution in [0.15, 0.2) is 53.7 Å². The van der Waals surface area contributed by atoms with E-state index in [1.54, 1.807) is 13.2 Å². The molecule has 0 saturated heterocycles. The molecule has 1 aromatic heterocycles. The van der Waals surface area contributed by atoms with Gasteiger partial charge in [0.2, 0.25) is 5.16 Å². The quantitative estimate of drug-likeness (QED) is 0.502. The Balaban J connectivity index is 1.59. The number of nitrogens with zero attached hydrogens (tertiary/aromatic N) is 3. The first-order chi connectivity index (χ1) is 12.2. The fourth-order valence-electron chi connectivity index (χ4n) is 2.07. The molecule has 3 aromatic rings. The van der Waals surface area contributed by atoms with E-state index in [2.05, 4.69) is 10.2 Å². The zero-order valence-electron chi connectivity index (χ0n) is 13.6. The van der Waals surface area contributed by atoms with Gasteiger partial charge >= 0.3 is 0 Å². The molecule has 8 heteroatoms. The van der Waals surface area contributed by atoms with Gasteiger partial charge in [0.15, 0.2) is 5.82 Å². The lowest BCUT2D eigenvalue weighted by molar-refractivity contribution is 0.289. The van der Waals surface area contributed by atoms with Gasteiger partial charge in [-0.15, -0.1) is 10.2 Å². The van der Waals surface area contributed by atoms with Crippen LogP contribution in [0.4, 0.5) is 0 Å². The molecule has 3 rings (SSSR count). The fraction of sp³-hybridized carbons (Fsp3) is 0.176. The summed E-state index contributed by atoms with van der Waals surface area (Å²) < 4.78 is 12.3. The van der Waals surface area contributed by atoms with Crippen molar-refractivity contribution in [3.8, 4) is 11.5 Å². The van der Waals surface area contributed by atoms with Gasteiger partial charge in [-0.05, 0) is 29.8 Å². The molecule has 0 aliphatic rings. The van der Waals surface area contributed by atoms with Crippen molar-refractivity contribution in [2.24, 2.45) is 0 Å². The number of rotatable bonds is 7. The summed E-state index contributed by atoms with van der Waals surface area (Å²) in [6, 6.07) is 15.0. The van der Waals surface area contributed by atoms with Crippen molar-refractivity contribution in [3.05, 3.63) is 64.9 Å². The van der Waals surface area contributed by atoms with Gasteiger partial charge in [0.05, 0.1) is 7.11 Å². The van der Waals surface area contributed by atoms with Crippen LogP contribution in [0.1, 0.15) is 11.4 Å². The van der Waals surface area contributed by atoms with Crippen LogP contribution in [0.3, 0.4) is 0 Å². The van der Waals surface area contributed by atoms with E-state index in [1.165, 1.54) is 16.4 Å². The molecule has 6 nitrogen and oxygen atoms in total. The summed E-state index contributed by atoms with van der Waals surface area (Å²) in [6.45, 7) is 0.220. The standard InChI is InChI=1S/C17H17ClN4O2S/c1-23-14-3-2-4-15(9-14)24-10-16-20-21-17(22(16)19)25-11-12-5-7-13(18)8-6-12/h2-9H,10-11,19H2,1H3. The van der Waals surface area contributed by atoms with Gasteiger partial charge in [-0.1, -0.05) is 41.6 Å². The van der Waals surface area contributed by atoms with E-state index in [1.807, 2.05) is 42.5 Å². The maximum absolute atomic E-state index is 6.06. The minimum absolute atomic E-state index is 0.220. The Labute approximate surface area is 154 Å². The zero-order valence-corrected chi connectivity index (χ0v) is 15.1. The first-order valence-corrected chi connectivity index (χ1v) is 8.85. The second-order valence-corrected chi connectivity index (χ2v) is 6.53. The second-order valence-electron chi connectivity index (χ2n) is 5.15. The highest BCUT2D eigenvalue weighted by Gasteiger charge is 2.11. The number of nitrogen functional groups attached to an aromatic ring is 1.